The molecule has 7 heteroatoms. The molecule has 3 amide bonds. The molecule has 1 fully saturated rings. The molecule has 1 aliphatic heterocycles. The van der Waals surface area contributed by atoms with E-state index in [1.54, 1.807) is 42.5 Å². The van der Waals surface area contributed by atoms with Crippen LogP contribution < -0.4 is 5.32 Å². The number of hydrogen-bond acceptors (Lipinski definition) is 4. The van der Waals surface area contributed by atoms with E-state index in [0.29, 0.717) is 9.87 Å². The lowest BCUT2D eigenvalue weighted by molar-refractivity contribution is -0.125. The zero-order valence-electron chi connectivity index (χ0n) is 13.2. The summed E-state index contributed by atoms with van der Waals surface area (Å²) in [4.78, 5) is 24.6. The minimum Gasteiger partial charge on any atom is -0.275 e. The second kappa shape index (κ2) is 5.45. The molecule has 24 heavy (non-hydrogen) atoms. The van der Waals surface area contributed by atoms with Crippen molar-refractivity contribution >= 4 is 22.0 Å². The molecule has 0 bridgehead atoms. The van der Waals surface area contributed by atoms with E-state index in [0.717, 1.165) is 5.56 Å². The number of carbonyl (C=O) groups is 2. The molecular weight excluding hydrogens is 328 g/mol. The number of aryl methyl sites for hydroxylation is 1. The first kappa shape index (κ1) is 16.2. The van der Waals surface area contributed by atoms with E-state index in [2.05, 4.69) is 5.32 Å². The van der Waals surface area contributed by atoms with Crippen molar-refractivity contribution in [1.29, 1.82) is 0 Å². The zero-order valence-corrected chi connectivity index (χ0v) is 14.0. The average molecular weight is 344 g/mol. The maximum absolute atomic E-state index is 13.0. The van der Waals surface area contributed by atoms with Gasteiger partial charge in [-0.25, -0.2) is 13.2 Å². The predicted octanol–water partition coefficient (Wildman–Crippen LogP) is 2.15. The molecule has 1 aliphatic rings. The lowest BCUT2D eigenvalue weighted by Crippen LogP contribution is -2.47. The number of sulfonamides is 1. The van der Waals surface area contributed by atoms with Gasteiger partial charge in [-0.3, -0.25) is 10.1 Å². The molecule has 0 saturated carbocycles. The molecule has 6 nitrogen and oxygen atoms in total. The van der Waals surface area contributed by atoms with Crippen LogP contribution >= 0.6 is 0 Å². The summed E-state index contributed by atoms with van der Waals surface area (Å²) in [5, 5.41) is 2.11. The van der Waals surface area contributed by atoms with Gasteiger partial charge in [-0.2, -0.15) is 4.31 Å². The number of nitrogens with zero attached hydrogens (tertiary/aromatic N) is 1. The fourth-order valence-corrected chi connectivity index (χ4v) is 4.36. The molecule has 0 radical (unpaired) electrons. The predicted molar refractivity (Wildman–Crippen MR) is 87.5 cm³/mol. The van der Waals surface area contributed by atoms with Gasteiger partial charge in [0, 0.05) is 0 Å². The van der Waals surface area contributed by atoms with Gasteiger partial charge in [-0.1, -0.05) is 48.0 Å². The fourth-order valence-electron chi connectivity index (χ4n) is 2.74. The lowest BCUT2D eigenvalue weighted by Gasteiger charge is -2.31. The van der Waals surface area contributed by atoms with E-state index in [9.17, 15) is 18.0 Å². The Morgan fingerprint density at radius 1 is 0.958 bits per heavy atom. The van der Waals surface area contributed by atoms with E-state index >= 15 is 0 Å². The molecule has 1 atom stereocenters. The van der Waals surface area contributed by atoms with Gasteiger partial charge >= 0.3 is 6.03 Å². The summed E-state index contributed by atoms with van der Waals surface area (Å²) in [5.41, 5.74) is -0.326. The Hall–Kier alpha value is -2.67. The van der Waals surface area contributed by atoms with Crippen LogP contribution in [0.15, 0.2) is 59.5 Å². The molecule has 0 spiro atoms. The van der Waals surface area contributed by atoms with Crippen molar-refractivity contribution in [2.24, 2.45) is 0 Å². The fraction of sp³-hybridized carbons (Fsp3) is 0.176. The van der Waals surface area contributed by atoms with E-state index < -0.39 is 27.5 Å². The third-order valence-corrected chi connectivity index (χ3v) is 6.03. The SMILES string of the molecule is Cc1ccc(S(=O)(=O)N2C(=O)NC(=O)C2(C)c2ccccc2)cc1. The van der Waals surface area contributed by atoms with Crippen LogP contribution in [-0.4, -0.2) is 24.7 Å². The second-order valence-electron chi connectivity index (χ2n) is 5.78. The van der Waals surface area contributed by atoms with Crippen LogP contribution in [0.2, 0.25) is 0 Å². The summed E-state index contributed by atoms with van der Waals surface area (Å²) in [6.45, 7) is 3.25. The van der Waals surface area contributed by atoms with Crippen LogP contribution in [-0.2, 0) is 20.4 Å². The molecule has 2 aromatic carbocycles. The molecule has 3 rings (SSSR count). The Kier molecular flexibility index (Phi) is 3.68. The molecule has 1 saturated heterocycles. The summed E-state index contributed by atoms with van der Waals surface area (Å²) in [6.07, 6.45) is 0. The van der Waals surface area contributed by atoms with Gasteiger partial charge in [0.1, 0.15) is 0 Å². The third kappa shape index (κ3) is 2.28. The first-order valence-electron chi connectivity index (χ1n) is 7.31. The van der Waals surface area contributed by atoms with Gasteiger partial charge in [0.15, 0.2) is 5.54 Å². The van der Waals surface area contributed by atoms with E-state index in [1.165, 1.54) is 19.1 Å². The highest BCUT2D eigenvalue weighted by molar-refractivity contribution is 7.89. The van der Waals surface area contributed by atoms with Crippen LogP contribution in [0.3, 0.4) is 0 Å². The van der Waals surface area contributed by atoms with Crippen LogP contribution in [0.25, 0.3) is 0 Å². The number of carbonyl (C=O) groups excluding carboxylic acids is 2. The molecule has 1 unspecified atom stereocenters. The van der Waals surface area contributed by atoms with E-state index in [4.69, 9.17) is 0 Å². The molecule has 124 valence electrons. The van der Waals surface area contributed by atoms with Crippen molar-refractivity contribution in [2.45, 2.75) is 24.3 Å². The number of nitrogens with one attached hydrogen (secondary N) is 1. The third-order valence-electron chi connectivity index (χ3n) is 4.15. The molecule has 1 heterocycles. The first-order valence-corrected chi connectivity index (χ1v) is 8.75. The second-order valence-corrected chi connectivity index (χ2v) is 7.57. The summed E-state index contributed by atoms with van der Waals surface area (Å²) >= 11 is 0. The van der Waals surface area contributed by atoms with Crippen molar-refractivity contribution in [3.63, 3.8) is 0 Å². The molecule has 0 aromatic heterocycles. The minimum atomic E-state index is -4.19. The van der Waals surface area contributed by atoms with Crippen LogP contribution in [0.1, 0.15) is 18.1 Å². The van der Waals surface area contributed by atoms with Crippen LogP contribution in [0.5, 0.6) is 0 Å². The highest BCUT2D eigenvalue weighted by Gasteiger charge is 2.56. The molecule has 1 N–H and O–H groups in total. The van der Waals surface area contributed by atoms with Crippen molar-refractivity contribution in [3.05, 3.63) is 65.7 Å². The number of urea groups is 1. The molecule has 2 aromatic rings. The Labute approximate surface area is 140 Å². The van der Waals surface area contributed by atoms with Gasteiger partial charge in [-0.15, -0.1) is 0 Å². The first-order chi connectivity index (χ1) is 11.3. The van der Waals surface area contributed by atoms with Crippen LogP contribution in [0.4, 0.5) is 4.79 Å². The summed E-state index contributed by atoms with van der Waals surface area (Å²) in [7, 11) is -4.19. The number of hydrogen-bond donors (Lipinski definition) is 1. The highest BCUT2D eigenvalue weighted by atomic mass is 32.2. The molecular formula is C17H16N2O4S. The Morgan fingerprint density at radius 3 is 2.12 bits per heavy atom. The number of imide groups is 1. The standard InChI is InChI=1S/C17H16N2O4S/c1-12-8-10-14(11-9-12)24(22,23)19-16(21)18-15(20)17(19,2)13-6-4-3-5-7-13/h3-11H,1-2H3,(H,18,20,21). The van der Waals surface area contributed by atoms with E-state index in [1.807, 2.05) is 6.92 Å². The summed E-state index contributed by atoms with van der Waals surface area (Å²) in [5.74, 6) is -0.672. The Morgan fingerprint density at radius 2 is 1.54 bits per heavy atom. The maximum atomic E-state index is 13.0. The van der Waals surface area contributed by atoms with Crippen molar-refractivity contribution < 1.29 is 18.0 Å². The summed E-state index contributed by atoms with van der Waals surface area (Å²) in [6, 6.07) is 13.5. The van der Waals surface area contributed by atoms with Crippen LogP contribution in [0, 0.1) is 6.92 Å². The molecule has 0 aliphatic carbocycles. The topological polar surface area (TPSA) is 83.6 Å². The monoisotopic (exact) mass is 344 g/mol. The largest absolute Gasteiger partial charge is 0.339 e. The van der Waals surface area contributed by atoms with Crippen molar-refractivity contribution in [2.75, 3.05) is 0 Å². The van der Waals surface area contributed by atoms with Gasteiger partial charge in [0.2, 0.25) is 0 Å². The quantitative estimate of drug-likeness (QED) is 0.865. The average Bonchev–Trinajstić information content (AvgIpc) is 2.79. The smallest absolute Gasteiger partial charge is 0.275 e. The number of amides is 3. The van der Waals surface area contributed by atoms with Gasteiger partial charge in [-0.05, 0) is 31.5 Å². The highest BCUT2D eigenvalue weighted by Crippen LogP contribution is 2.37. The van der Waals surface area contributed by atoms with E-state index in [-0.39, 0.29) is 4.90 Å². The maximum Gasteiger partial charge on any atom is 0.339 e. The lowest BCUT2D eigenvalue weighted by atomic mass is 9.92. The normalized spacial score (nSPS) is 21.0. The van der Waals surface area contributed by atoms with Gasteiger partial charge < -0.3 is 0 Å². The van der Waals surface area contributed by atoms with Gasteiger partial charge in [0.25, 0.3) is 15.9 Å². The van der Waals surface area contributed by atoms with Gasteiger partial charge in [0.05, 0.1) is 4.90 Å². The Balaban J connectivity index is 2.18. The number of rotatable bonds is 3. The van der Waals surface area contributed by atoms with Crippen molar-refractivity contribution in [3.8, 4) is 0 Å². The minimum absolute atomic E-state index is 0.0416. The van der Waals surface area contributed by atoms with Crippen molar-refractivity contribution in [1.82, 2.24) is 9.62 Å². The zero-order chi connectivity index (χ0) is 17.5. The summed E-state index contributed by atoms with van der Waals surface area (Å²) < 4.78 is 26.6. The Bertz CT molecular complexity index is 907. The number of benzene rings is 2.